The van der Waals surface area contributed by atoms with Crippen molar-refractivity contribution in [2.75, 3.05) is 6.54 Å². The number of ketones is 1. The van der Waals surface area contributed by atoms with Gasteiger partial charge in [-0.3, -0.25) is 9.59 Å². The van der Waals surface area contributed by atoms with E-state index in [0.29, 0.717) is 29.4 Å². The van der Waals surface area contributed by atoms with Crippen LogP contribution in [-0.2, 0) is 9.59 Å². The number of piperidine rings is 1. The smallest absolute Gasteiger partial charge is 0.226 e. The van der Waals surface area contributed by atoms with Crippen LogP contribution in [-0.4, -0.2) is 29.2 Å². The predicted octanol–water partition coefficient (Wildman–Crippen LogP) is 3.17. The van der Waals surface area contributed by atoms with Crippen LogP contribution in [0.4, 0.5) is 0 Å². The number of fused-ring (bicyclic) bond motifs is 1. The van der Waals surface area contributed by atoms with E-state index in [1.165, 1.54) is 32.1 Å². The average molecular weight is 289 g/mol. The SMILES string of the molecule is O=C1CCCCC1C1CCCCN1C(=O)C1C2CCCC21. The number of hydrogen-bond acceptors (Lipinski definition) is 2. The van der Waals surface area contributed by atoms with Gasteiger partial charge in [-0.05, 0) is 56.8 Å². The second-order valence-electron chi connectivity index (χ2n) is 7.70. The van der Waals surface area contributed by atoms with Gasteiger partial charge in [0, 0.05) is 30.8 Å². The van der Waals surface area contributed by atoms with Gasteiger partial charge in [0.15, 0.2) is 0 Å². The Morgan fingerprint density at radius 2 is 1.67 bits per heavy atom. The first-order valence-corrected chi connectivity index (χ1v) is 9.10. The van der Waals surface area contributed by atoms with Gasteiger partial charge in [-0.15, -0.1) is 0 Å². The van der Waals surface area contributed by atoms with Crippen LogP contribution in [0.25, 0.3) is 0 Å². The topological polar surface area (TPSA) is 37.4 Å². The maximum absolute atomic E-state index is 12.9. The molecule has 0 aromatic heterocycles. The van der Waals surface area contributed by atoms with Gasteiger partial charge in [0.05, 0.1) is 0 Å². The van der Waals surface area contributed by atoms with Gasteiger partial charge in [0.25, 0.3) is 0 Å². The minimum absolute atomic E-state index is 0.154. The van der Waals surface area contributed by atoms with Crippen molar-refractivity contribution in [2.24, 2.45) is 23.7 Å². The molecule has 4 unspecified atom stereocenters. The Balaban J connectivity index is 1.49. The molecule has 0 spiro atoms. The maximum Gasteiger partial charge on any atom is 0.226 e. The molecule has 0 N–H and O–H groups in total. The van der Waals surface area contributed by atoms with Crippen molar-refractivity contribution in [2.45, 2.75) is 70.3 Å². The Hall–Kier alpha value is -0.860. The number of hydrogen-bond donors (Lipinski definition) is 0. The first-order chi connectivity index (χ1) is 10.3. The third kappa shape index (κ3) is 2.33. The van der Waals surface area contributed by atoms with Crippen molar-refractivity contribution in [3.8, 4) is 0 Å². The van der Waals surface area contributed by atoms with Crippen LogP contribution in [0, 0.1) is 23.7 Å². The fraction of sp³-hybridized carbons (Fsp3) is 0.889. The van der Waals surface area contributed by atoms with Crippen molar-refractivity contribution in [1.82, 2.24) is 4.90 Å². The van der Waals surface area contributed by atoms with Crippen molar-refractivity contribution in [1.29, 1.82) is 0 Å². The second kappa shape index (κ2) is 5.40. The molecule has 1 saturated heterocycles. The molecule has 1 amide bonds. The summed E-state index contributed by atoms with van der Waals surface area (Å²) in [7, 11) is 0. The van der Waals surface area contributed by atoms with Gasteiger partial charge in [0.2, 0.25) is 5.91 Å². The Bertz CT molecular complexity index is 436. The van der Waals surface area contributed by atoms with E-state index >= 15 is 0 Å². The van der Waals surface area contributed by atoms with E-state index in [9.17, 15) is 9.59 Å². The van der Waals surface area contributed by atoms with Gasteiger partial charge in [-0.25, -0.2) is 0 Å². The van der Waals surface area contributed by atoms with E-state index in [0.717, 1.165) is 38.6 Å². The normalized spacial score (nSPS) is 42.8. The Morgan fingerprint density at radius 3 is 2.43 bits per heavy atom. The molecule has 3 aliphatic carbocycles. The molecule has 0 bridgehead atoms. The van der Waals surface area contributed by atoms with Crippen molar-refractivity contribution >= 4 is 11.7 Å². The molecule has 4 aliphatic rings. The summed E-state index contributed by atoms with van der Waals surface area (Å²) in [5.74, 6) is 2.72. The highest BCUT2D eigenvalue weighted by atomic mass is 16.2. The van der Waals surface area contributed by atoms with Gasteiger partial charge in [0.1, 0.15) is 5.78 Å². The monoisotopic (exact) mass is 289 g/mol. The Kier molecular flexibility index (Phi) is 3.55. The molecule has 4 fully saturated rings. The van der Waals surface area contributed by atoms with E-state index in [1.807, 2.05) is 0 Å². The zero-order valence-electron chi connectivity index (χ0n) is 12.9. The third-order valence-corrected chi connectivity index (χ3v) is 6.59. The van der Waals surface area contributed by atoms with Crippen molar-refractivity contribution < 1.29 is 9.59 Å². The molecule has 0 radical (unpaired) electrons. The standard InChI is InChI=1S/C18H27NO2/c20-16-10-2-1-6-14(16)15-9-3-4-11-19(15)18(21)17-12-7-5-8-13(12)17/h12-15,17H,1-11H2. The zero-order chi connectivity index (χ0) is 14.4. The van der Waals surface area contributed by atoms with E-state index in [4.69, 9.17) is 0 Å². The van der Waals surface area contributed by atoms with Crippen LogP contribution < -0.4 is 0 Å². The molecular formula is C18H27NO2. The second-order valence-corrected chi connectivity index (χ2v) is 7.70. The highest BCUT2D eigenvalue weighted by Crippen LogP contribution is 2.58. The van der Waals surface area contributed by atoms with Crippen LogP contribution >= 0.6 is 0 Å². The van der Waals surface area contributed by atoms with Gasteiger partial charge in [-0.1, -0.05) is 12.8 Å². The van der Waals surface area contributed by atoms with Crippen LogP contribution in [0.1, 0.15) is 64.2 Å². The first kappa shape index (κ1) is 13.8. The maximum atomic E-state index is 12.9. The molecular weight excluding hydrogens is 262 g/mol. The molecule has 0 aromatic rings. The lowest BCUT2D eigenvalue weighted by atomic mass is 9.79. The molecule has 1 aliphatic heterocycles. The van der Waals surface area contributed by atoms with E-state index in [2.05, 4.69) is 4.90 Å². The average Bonchev–Trinajstić information content (AvgIpc) is 2.99. The predicted molar refractivity (Wildman–Crippen MR) is 80.6 cm³/mol. The fourth-order valence-electron chi connectivity index (χ4n) is 5.45. The zero-order valence-corrected chi connectivity index (χ0v) is 12.9. The largest absolute Gasteiger partial charge is 0.339 e. The van der Waals surface area contributed by atoms with E-state index < -0.39 is 0 Å². The molecule has 3 saturated carbocycles. The summed E-state index contributed by atoms with van der Waals surface area (Å²) >= 11 is 0. The third-order valence-electron chi connectivity index (χ3n) is 6.59. The van der Waals surface area contributed by atoms with Crippen molar-refractivity contribution in [3.63, 3.8) is 0 Å². The number of amides is 1. The number of Topliss-reactive ketones (excluding diaryl/α,β-unsaturated/α-hetero) is 1. The van der Waals surface area contributed by atoms with Crippen LogP contribution in [0.3, 0.4) is 0 Å². The van der Waals surface area contributed by atoms with Crippen molar-refractivity contribution in [3.05, 3.63) is 0 Å². The summed E-state index contributed by atoms with van der Waals surface area (Å²) < 4.78 is 0. The van der Waals surface area contributed by atoms with Gasteiger partial charge < -0.3 is 4.90 Å². The quantitative estimate of drug-likeness (QED) is 0.783. The lowest BCUT2D eigenvalue weighted by Crippen LogP contribution is -2.51. The molecule has 21 heavy (non-hydrogen) atoms. The Labute approximate surface area is 127 Å². The van der Waals surface area contributed by atoms with Gasteiger partial charge >= 0.3 is 0 Å². The Morgan fingerprint density at radius 1 is 0.905 bits per heavy atom. The lowest BCUT2D eigenvalue weighted by molar-refractivity contribution is -0.141. The van der Waals surface area contributed by atoms with E-state index in [-0.39, 0.29) is 12.0 Å². The number of carbonyl (C=O) groups is 2. The molecule has 4 rings (SSSR count). The number of nitrogens with zero attached hydrogens (tertiary/aromatic N) is 1. The van der Waals surface area contributed by atoms with E-state index in [1.54, 1.807) is 0 Å². The van der Waals surface area contributed by atoms with Crippen LogP contribution in [0.2, 0.25) is 0 Å². The summed E-state index contributed by atoms with van der Waals surface area (Å²) in [4.78, 5) is 27.4. The lowest BCUT2D eigenvalue weighted by Gasteiger charge is -2.41. The fourth-order valence-corrected chi connectivity index (χ4v) is 5.45. The highest BCUT2D eigenvalue weighted by molar-refractivity contribution is 5.86. The minimum Gasteiger partial charge on any atom is -0.339 e. The molecule has 116 valence electrons. The minimum atomic E-state index is 0.154. The number of carbonyl (C=O) groups excluding carboxylic acids is 2. The van der Waals surface area contributed by atoms with Crippen LogP contribution in [0.5, 0.6) is 0 Å². The molecule has 3 nitrogen and oxygen atoms in total. The summed E-state index contributed by atoms with van der Waals surface area (Å²) in [6.45, 7) is 0.906. The highest BCUT2D eigenvalue weighted by Gasteiger charge is 2.58. The number of likely N-dealkylation sites (tertiary alicyclic amines) is 1. The summed E-state index contributed by atoms with van der Waals surface area (Å²) in [6.07, 6.45) is 11.2. The summed E-state index contributed by atoms with van der Waals surface area (Å²) in [5, 5.41) is 0. The summed E-state index contributed by atoms with van der Waals surface area (Å²) in [5.41, 5.74) is 0. The number of rotatable bonds is 2. The molecule has 1 heterocycles. The first-order valence-electron chi connectivity index (χ1n) is 9.10. The van der Waals surface area contributed by atoms with Crippen LogP contribution in [0.15, 0.2) is 0 Å². The molecule has 0 aromatic carbocycles. The molecule has 4 atom stereocenters. The van der Waals surface area contributed by atoms with Gasteiger partial charge in [-0.2, -0.15) is 0 Å². The summed E-state index contributed by atoms with van der Waals surface area (Å²) in [6, 6.07) is 0.236. The molecule has 3 heteroatoms.